The van der Waals surface area contributed by atoms with Crippen molar-refractivity contribution in [3.05, 3.63) is 71.8 Å². The van der Waals surface area contributed by atoms with Gasteiger partial charge in [0.15, 0.2) is 0 Å². The lowest BCUT2D eigenvalue weighted by Crippen LogP contribution is -2.28. The molecule has 1 aliphatic heterocycles. The van der Waals surface area contributed by atoms with Crippen LogP contribution in [0.3, 0.4) is 0 Å². The number of hydrogen-bond donors (Lipinski definition) is 0. The number of hydrogen-bond acceptors (Lipinski definition) is 2. The maximum atomic E-state index is 5.52. The van der Waals surface area contributed by atoms with E-state index in [1.165, 1.54) is 11.1 Å². The van der Waals surface area contributed by atoms with E-state index in [9.17, 15) is 0 Å². The van der Waals surface area contributed by atoms with Crippen molar-refractivity contribution < 1.29 is 4.74 Å². The molecule has 2 nitrogen and oxygen atoms in total. The van der Waals surface area contributed by atoms with Crippen LogP contribution in [0, 0.1) is 0 Å². The predicted octanol–water partition coefficient (Wildman–Crippen LogP) is 3.50. The second-order valence-corrected chi connectivity index (χ2v) is 5.37. The summed E-state index contributed by atoms with van der Waals surface area (Å²) in [5.74, 6) is 0. The molecule has 1 atom stereocenters. The number of nitrogens with zero attached hydrogens (tertiary/aromatic N) is 1. The van der Waals surface area contributed by atoms with Crippen molar-refractivity contribution in [2.24, 2.45) is 0 Å². The van der Waals surface area contributed by atoms with Crippen LogP contribution in [-0.2, 0) is 4.74 Å². The van der Waals surface area contributed by atoms with Gasteiger partial charge in [0.2, 0.25) is 0 Å². The van der Waals surface area contributed by atoms with Crippen molar-refractivity contribution in [3.63, 3.8) is 0 Å². The van der Waals surface area contributed by atoms with Crippen LogP contribution in [-0.4, -0.2) is 31.2 Å². The summed E-state index contributed by atoms with van der Waals surface area (Å²) in [6, 6.07) is 21.8. The van der Waals surface area contributed by atoms with Gasteiger partial charge in [-0.15, -0.1) is 0 Å². The fourth-order valence-corrected chi connectivity index (χ4v) is 3.07. The van der Waals surface area contributed by atoms with Crippen molar-refractivity contribution in [1.82, 2.24) is 4.90 Å². The molecule has 0 aromatic heterocycles. The van der Waals surface area contributed by atoms with Gasteiger partial charge in [0.25, 0.3) is 0 Å². The zero-order valence-corrected chi connectivity index (χ0v) is 11.9. The zero-order valence-electron chi connectivity index (χ0n) is 11.9. The fourth-order valence-electron chi connectivity index (χ4n) is 3.07. The molecule has 0 spiro atoms. The smallest absolute Gasteiger partial charge is 0.0710 e. The molecule has 0 bridgehead atoms. The summed E-state index contributed by atoms with van der Waals surface area (Å²) in [7, 11) is 1.81. The van der Waals surface area contributed by atoms with E-state index in [0.29, 0.717) is 12.1 Å². The Kier molecular flexibility index (Phi) is 4.14. The van der Waals surface area contributed by atoms with Crippen molar-refractivity contribution in [1.29, 1.82) is 0 Å². The van der Waals surface area contributed by atoms with E-state index < -0.39 is 0 Å². The average molecular weight is 267 g/mol. The van der Waals surface area contributed by atoms with Gasteiger partial charge in [-0.3, -0.25) is 4.90 Å². The third-order valence-electron chi connectivity index (χ3n) is 4.11. The monoisotopic (exact) mass is 267 g/mol. The van der Waals surface area contributed by atoms with E-state index in [1.54, 1.807) is 0 Å². The van der Waals surface area contributed by atoms with Crippen LogP contribution in [0.25, 0.3) is 0 Å². The number of methoxy groups -OCH3 is 1. The maximum Gasteiger partial charge on any atom is 0.0710 e. The first kappa shape index (κ1) is 13.3. The molecule has 2 aromatic carbocycles. The van der Waals surface area contributed by atoms with Gasteiger partial charge in [-0.1, -0.05) is 60.7 Å². The quantitative estimate of drug-likeness (QED) is 0.840. The van der Waals surface area contributed by atoms with Crippen molar-refractivity contribution >= 4 is 0 Å². The minimum Gasteiger partial charge on any atom is -0.380 e. The Labute approximate surface area is 121 Å². The average Bonchev–Trinajstić information content (AvgIpc) is 2.98. The number of benzene rings is 2. The van der Waals surface area contributed by atoms with Crippen LogP contribution >= 0.6 is 0 Å². The van der Waals surface area contributed by atoms with E-state index in [-0.39, 0.29) is 0 Å². The normalized spacial score (nSPS) is 19.6. The van der Waals surface area contributed by atoms with Crippen LogP contribution in [0.5, 0.6) is 0 Å². The summed E-state index contributed by atoms with van der Waals surface area (Å²) < 4.78 is 5.52. The lowest BCUT2D eigenvalue weighted by molar-refractivity contribution is 0.104. The summed E-state index contributed by atoms with van der Waals surface area (Å²) >= 11 is 0. The molecule has 0 saturated carbocycles. The molecule has 20 heavy (non-hydrogen) atoms. The molecule has 1 fully saturated rings. The minimum absolute atomic E-state index is 0.331. The Morgan fingerprint density at radius 1 is 0.950 bits per heavy atom. The first-order valence-electron chi connectivity index (χ1n) is 7.25. The highest BCUT2D eigenvalue weighted by molar-refractivity contribution is 5.32. The molecule has 0 N–H and O–H groups in total. The Morgan fingerprint density at radius 3 is 1.95 bits per heavy atom. The lowest BCUT2D eigenvalue weighted by atomic mass is 9.97. The Bertz CT molecular complexity index is 486. The Morgan fingerprint density at radius 2 is 1.50 bits per heavy atom. The molecule has 2 heteroatoms. The standard InChI is InChI=1S/C18H21NO/c1-20-17-12-13-19(14-17)18(15-8-4-2-5-9-15)16-10-6-3-7-11-16/h2-11,17-18H,12-14H2,1H3. The molecular formula is C18H21NO. The fraction of sp³-hybridized carbons (Fsp3) is 0.333. The van der Waals surface area contributed by atoms with Gasteiger partial charge < -0.3 is 4.74 Å². The zero-order chi connectivity index (χ0) is 13.8. The molecule has 1 heterocycles. The molecular weight excluding hydrogens is 246 g/mol. The molecule has 1 unspecified atom stereocenters. The van der Waals surface area contributed by atoms with Gasteiger partial charge >= 0.3 is 0 Å². The first-order valence-corrected chi connectivity index (χ1v) is 7.25. The summed E-state index contributed by atoms with van der Waals surface area (Å²) in [4.78, 5) is 2.53. The second-order valence-electron chi connectivity index (χ2n) is 5.37. The van der Waals surface area contributed by atoms with Crippen LogP contribution in [0.15, 0.2) is 60.7 Å². The molecule has 0 radical (unpaired) electrons. The molecule has 1 aliphatic rings. The van der Waals surface area contributed by atoms with Gasteiger partial charge in [0, 0.05) is 20.2 Å². The first-order chi connectivity index (χ1) is 9.88. The van der Waals surface area contributed by atoms with Gasteiger partial charge in [0.05, 0.1) is 12.1 Å². The summed E-state index contributed by atoms with van der Waals surface area (Å²) in [6.45, 7) is 2.10. The maximum absolute atomic E-state index is 5.52. The van der Waals surface area contributed by atoms with Gasteiger partial charge in [-0.2, -0.15) is 0 Å². The SMILES string of the molecule is COC1CCN(C(c2ccccc2)c2ccccc2)C1. The van der Waals surface area contributed by atoms with Gasteiger partial charge in [0.1, 0.15) is 0 Å². The van der Waals surface area contributed by atoms with Gasteiger partial charge in [-0.05, 0) is 17.5 Å². The highest BCUT2D eigenvalue weighted by Gasteiger charge is 2.29. The largest absolute Gasteiger partial charge is 0.380 e. The second kappa shape index (κ2) is 6.21. The van der Waals surface area contributed by atoms with Crippen molar-refractivity contribution in [2.75, 3.05) is 20.2 Å². The molecule has 2 aromatic rings. The van der Waals surface area contributed by atoms with Crippen LogP contribution in [0.2, 0.25) is 0 Å². The highest BCUT2D eigenvalue weighted by atomic mass is 16.5. The molecule has 3 rings (SSSR count). The van der Waals surface area contributed by atoms with Crippen molar-refractivity contribution in [2.45, 2.75) is 18.6 Å². The van der Waals surface area contributed by atoms with E-state index in [1.807, 2.05) is 7.11 Å². The Balaban J connectivity index is 1.93. The number of ether oxygens (including phenoxy) is 1. The summed E-state index contributed by atoms with van der Waals surface area (Å²) in [5.41, 5.74) is 2.71. The van der Waals surface area contributed by atoms with Crippen LogP contribution in [0.4, 0.5) is 0 Å². The van der Waals surface area contributed by atoms with E-state index in [0.717, 1.165) is 19.5 Å². The topological polar surface area (TPSA) is 12.5 Å². The van der Waals surface area contributed by atoms with Crippen LogP contribution < -0.4 is 0 Å². The molecule has 1 saturated heterocycles. The van der Waals surface area contributed by atoms with Gasteiger partial charge in [-0.25, -0.2) is 0 Å². The van der Waals surface area contributed by atoms with Crippen LogP contribution in [0.1, 0.15) is 23.6 Å². The summed E-state index contributed by atoms with van der Waals surface area (Å²) in [6.07, 6.45) is 1.48. The number of likely N-dealkylation sites (tertiary alicyclic amines) is 1. The third-order valence-corrected chi connectivity index (χ3v) is 4.11. The molecule has 0 amide bonds. The third kappa shape index (κ3) is 2.77. The van der Waals surface area contributed by atoms with E-state index in [4.69, 9.17) is 4.74 Å². The highest BCUT2D eigenvalue weighted by Crippen LogP contribution is 2.31. The predicted molar refractivity (Wildman–Crippen MR) is 81.7 cm³/mol. The van der Waals surface area contributed by atoms with E-state index in [2.05, 4.69) is 65.6 Å². The molecule has 0 aliphatic carbocycles. The summed E-state index contributed by atoms with van der Waals surface area (Å²) in [5, 5.41) is 0. The van der Waals surface area contributed by atoms with Crippen molar-refractivity contribution in [3.8, 4) is 0 Å². The minimum atomic E-state index is 0.331. The number of rotatable bonds is 4. The Hall–Kier alpha value is -1.64. The lowest BCUT2D eigenvalue weighted by Gasteiger charge is -2.28. The van der Waals surface area contributed by atoms with E-state index >= 15 is 0 Å². The molecule has 104 valence electrons.